The first-order valence-electron chi connectivity index (χ1n) is 15.5. The molecule has 0 bridgehead atoms. The Morgan fingerprint density at radius 2 is 1.91 bits per heavy atom. The van der Waals surface area contributed by atoms with Gasteiger partial charge in [-0.3, -0.25) is 14.4 Å². The Bertz CT molecular complexity index is 1360. The molecule has 0 aromatic heterocycles. The highest BCUT2D eigenvalue weighted by atomic mass is 127. The maximum absolute atomic E-state index is 14.0. The number of amides is 2. The fourth-order valence-electron chi connectivity index (χ4n) is 6.16. The van der Waals surface area contributed by atoms with Crippen LogP contribution in [0.25, 0.3) is 0 Å². The molecule has 0 radical (unpaired) electrons. The molecule has 0 unspecified atom stereocenters. The van der Waals surface area contributed by atoms with Gasteiger partial charge in [0.2, 0.25) is 11.8 Å². The second kappa shape index (κ2) is 17.0. The number of aliphatic hydroxyl groups is 2. The number of ether oxygens (including phenoxy) is 3. The van der Waals surface area contributed by atoms with Gasteiger partial charge >= 0.3 is 0 Å². The van der Waals surface area contributed by atoms with Crippen LogP contribution in [0.4, 0.5) is 0 Å². The average Bonchev–Trinajstić information content (AvgIpc) is 3.58. The summed E-state index contributed by atoms with van der Waals surface area (Å²) in [6, 6.07) is 10.1. The van der Waals surface area contributed by atoms with Crippen molar-refractivity contribution in [3.63, 3.8) is 0 Å². The van der Waals surface area contributed by atoms with Crippen LogP contribution in [-0.4, -0.2) is 85.4 Å². The van der Waals surface area contributed by atoms with E-state index in [-0.39, 0.29) is 25.5 Å². The fraction of sp³-hybridized carbons (Fsp3) is 0.500. The summed E-state index contributed by atoms with van der Waals surface area (Å²) in [6.45, 7) is 0.162. The van der Waals surface area contributed by atoms with E-state index in [1.807, 2.05) is 46.9 Å². The molecule has 0 saturated heterocycles. The molecular weight excluding hydrogens is 691 g/mol. The van der Waals surface area contributed by atoms with Crippen LogP contribution in [0.15, 0.2) is 48.0 Å². The number of aliphatic hydroxyl groups excluding tert-OH is 2. The monoisotopic (exact) mass is 734 g/mol. The summed E-state index contributed by atoms with van der Waals surface area (Å²) in [7, 11) is 3.06. The van der Waals surface area contributed by atoms with E-state index in [0.717, 1.165) is 24.8 Å². The van der Waals surface area contributed by atoms with Gasteiger partial charge in [0.25, 0.3) is 0 Å². The van der Waals surface area contributed by atoms with Crippen LogP contribution in [0.1, 0.15) is 60.9 Å². The van der Waals surface area contributed by atoms with Gasteiger partial charge in [-0.2, -0.15) is 0 Å². The number of rotatable bonds is 15. The van der Waals surface area contributed by atoms with Crippen molar-refractivity contribution in [2.45, 2.75) is 69.6 Å². The van der Waals surface area contributed by atoms with Crippen molar-refractivity contribution >= 4 is 40.7 Å². The summed E-state index contributed by atoms with van der Waals surface area (Å²) in [5, 5.41) is 23.9. The molecule has 11 heteroatoms. The van der Waals surface area contributed by atoms with Crippen LogP contribution in [0.3, 0.4) is 0 Å². The Morgan fingerprint density at radius 1 is 1.13 bits per heavy atom. The summed E-state index contributed by atoms with van der Waals surface area (Å²) in [5.41, 5.74) is 1.73. The number of carbonyl (C=O) groups is 3. The number of halogens is 1. The van der Waals surface area contributed by atoms with Crippen molar-refractivity contribution in [3.8, 4) is 17.2 Å². The highest BCUT2D eigenvalue weighted by Crippen LogP contribution is 2.37. The second-order valence-electron chi connectivity index (χ2n) is 11.5. The first-order chi connectivity index (χ1) is 21.8. The molecule has 2 aromatic rings. The lowest BCUT2D eigenvalue weighted by molar-refractivity contribution is -0.138. The first-order valence-corrected chi connectivity index (χ1v) is 16.5. The van der Waals surface area contributed by atoms with Gasteiger partial charge in [-0.1, -0.05) is 37.8 Å². The highest BCUT2D eigenvalue weighted by molar-refractivity contribution is 14.1. The van der Waals surface area contributed by atoms with E-state index in [0.29, 0.717) is 63.5 Å². The zero-order chi connectivity index (χ0) is 32.3. The van der Waals surface area contributed by atoms with E-state index in [1.54, 1.807) is 30.2 Å². The minimum atomic E-state index is -1.17. The van der Waals surface area contributed by atoms with Crippen molar-refractivity contribution in [2.75, 3.05) is 33.9 Å². The number of nitrogens with zero attached hydrogens (tertiary/aromatic N) is 1. The van der Waals surface area contributed by atoms with Gasteiger partial charge in [-0.15, -0.1) is 0 Å². The summed E-state index contributed by atoms with van der Waals surface area (Å²) in [6.07, 6.45) is 6.50. The predicted molar refractivity (Wildman–Crippen MR) is 178 cm³/mol. The van der Waals surface area contributed by atoms with Gasteiger partial charge in [0.05, 0.1) is 30.4 Å². The summed E-state index contributed by atoms with van der Waals surface area (Å²) in [4.78, 5) is 40.3. The van der Waals surface area contributed by atoms with Crippen molar-refractivity contribution in [1.29, 1.82) is 0 Å². The number of hydrogen-bond acceptors (Lipinski definition) is 8. The predicted octanol–water partition coefficient (Wildman–Crippen LogP) is 4.08. The minimum absolute atomic E-state index is 0.0632. The summed E-state index contributed by atoms with van der Waals surface area (Å²) < 4.78 is 17.8. The Labute approximate surface area is 278 Å². The van der Waals surface area contributed by atoms with Gasteiger partial charge in [0.1, 0.15) is 24.2 Å². The van der Waals surface area contributed by atoms with Crippen LogP contribution in [0.5, 0.6) is 17.2 Å². The third kappa shape index (κ3) is 9.20. The van der Waals surface area contributed by atoms with Gasteiger partial charge in [-0.25, -0.2) is 0 Å². The number of benzene rings is 2. The van der Waals surface area contributed by atoms with Crippen LogP contribution >= 0.6 is 22.6 Å². The molecular formula is C34H43IN2O8. The number of carbonyl (C=O) groups excluding carboxylic acids is 3. The maximum Gasteiger partial charge on any atom is 0.247 e. The van der Waals surface area contributed by atoms with E-state index < -0.39 is 24.2 Å². The number of nitrogens with one attached hydrogen (secondary N) is 1. The van der Waals surface area contributed by atoms with E-state index in [2.05, 4.69) is 5.32 Å². The van der Waals surface area contributed by atoms with E-state index in [9.17, 15) is 24.6 Å². The molecule has 10 nitrogen and oxygen atoms in total. The van der Waals surface area contributed by atoms with Gasteiger partial charge in [0, 0.05) is 37.1 Å². The molecule has 1 fully saturated rings. The summed E-state index contributed by atoms with van der Waals surface area (Å²) >= 11 is 2.03. The SMILES string of the molecule is COc1cccc(CCN(C(=O)CCC2CCCC2)[C@@H]2CC(C(=O)NCCO)=C[C@H](Oc3c(I)cc(C=O)cc3OC)[C@H]2O)c1. The molecule has 3 N–H and O–H groups in total. The average molecular weight is 735 g/mol. The number of methoxy groups -OCH3 is 2. The van der Waals surface area contributed by atoms with E-state index in [1.165, 1.54) is 20.0 Å². The van der Waals surface area contributed by atoms with Crippen LogP contribution < -0.4 is 19.5 Å². The molecule has 1 saturated carbocycles. The molecule has 2 aliphatic rings. The smallest absolute Gasteiger partial charge is 0.247 e. The molecule has 4 rings (SSSR count). The first kappa shape index (κ1) is 34.7. The van der Waals surface area contributed by atoms with Crippen molar-refractivity contribution in [2.24, 2.45) is 5.92 Å². The zero-order valence-corrected chi connectivity index (χ0v) is 28.0. The highest BCUT2D eigenvalue weighted by Gasteiger charge is 2.41. The lowest BCUT2D eigenvalue weighted by Gasteiger charge is -2.41. The molecule has 2 aromatic carbocycles. The Balaban J connectivity index is 1.66. The molecule has 2 amide bonds. The molecule has 45 heavy (non-hydrogen) atoms. The van der Waals surface area contributed by atoms with Crippen LogP contribution in [0, 0.1) is 9.49 Å². The quantitative estimate of drug-likeness (QED) is 0.184. The standard InChI is InChI=1S/C34H43IN2O8/c1-43-26-9-5-8-23(16-26)12-14-37(31(40)11-10-22-6-3-4-7-22)28-19-25(34(42)36-13-15-38)20-29(32(28)41)45-33-27(35)17-24(21-39)18-30(33)44-2/h5,8-9,16-18,20-22,28-29,32,38,41H,3-4,6-7,10-15,19H2,1-2H3,(H,36,42)/t28-,29+,32+/m1/s1. The van der Waals surface area contributed by atoms with Crippen molar-refractivity contribution in [3.05, 3.63) is 62.7 Å². The van der Waals surface area contributed by atoms with Gasteiger partial charge in [0.15, 0.2) is 11.5 Å². The second-order valence-corrected chi connectivity index (χ2v) is 12.7. The van der Waals surface area contributed by atoms with E-state index >= 15 is 0 Å². The molecule has 0 aliphatic heterocycles. The maximum atomic E-state index is 14.0. The molecule has 3 atom stereocenters. The lowest BCUT2D eigenvalue weighted by Crippen LogP contribution is -2.55. The molecule has 244 valence electrons. The Hall–Kier alpha value is -3.16. The molecule has 0 heterocycles. The van der Waals surface area contributed by atoms with Crippen molar-refractivity contribution < 1.29 is 38.8 Å². The third-order valence-corrected chi connectivity index (χ3v) is 9.39. The summed E-state index contributed by atoms with van der Waals surface area (Å²) in [5.74, 6) is 1.37. The normalized spacial score (nSPS) is 19.8. The van der Waals surface area contributed by atoms with E-state index in [4.69, 9.17) is 14.2 Å². The lowest BCUT2D eigenvalue weighted by atomic mass is 9.87. The van der Waals surface area contributed by atoms with Crippen molar-refractivity contribution in [1.82, 2.24) is 10.2 Å². The fourth-order valence-corrected chi connectivity index (χ4v) is 6.91. The topological polar surface area (TPSA) is 135 Å². The Kier molecular flexibility index (Phi) is 13.1. The van der Waals surface area contributed by atoms with Gasteiger partial charge < -0.3 is 34.6 Å². The van der Waals surface area contributed by atoms with Crippen LogP contribution in [0.2, 0.25) is 0 Å². The number of aldehydes is 1. The molecule has 2 aliphatic carbocycles. The number of hydrogen-bond donors (Lipinski definition) is 3. The minimum Gasteiger partial charge on any atom is -0.497 e. The largest absolute Gasteiger partial charge is 0.497 e. The third-order valence-electron chi connectivity index (χ3n) is 8.59. The Morgan fingerprint density at radius 3 is 2.60 bits per heavy atom. The molecule has 0 spiro atoms. The zero-order valence-electron chi connectivity index (χ0n) is 25.9. The van der Waals surface area contributed by atoms with Gasteiger partial charge in [-0.05, 0) is 77.3 Å². The van der Waals surface area contributed by atoms with Crippen LogP contribution in [-0.2, 0) is 16.0 Å².